The maximum Gasteiger partial charge on any atom is 0.104 e. The molecule has 8 heavy (non-hydrogen) atoms. The van der Waals surface area contributed by atoms with E-state index in [1.165, 1.54) is 0 Å². The topological polar surface area (TPSA) is 21.6 Å². The Kier molecular flexibility index (Phi) is 3.94. The van der Waals surface area contributed by atoms with Gasteiger partial charge in [0.2, 0.25) is 0 Å². The van der Waals surface area contributed by atoms with Crippen molar-refractivity contribution in [2.45, 2.75) is 13.3 Å². The lowest BCUT2D eigenvalue weighted by Gasteiger charge is -1.92. The minimum Gasteiger partial charge on any atom is -0.502 e. The van der Waals surface area contributed by atoms with Crippen LogP contribution in [0.15, 0.2) is 17.0 Å². The summed E-state index contributed by atoms with van der Waals surface area (Å²) in [6.07, 6.45) is 2.46. The molecule has 2 nitrogen and oxygen atoms in total. The Morgan fingerprint density at radius 2 is 2.50 bits per heavy atom. The Balaban J connectivity index is 3.66. The molecule has 0 heterocycles. The fraction of sp³-hybridized carbons (Fsp3) is 0.500. The highest BCUT2D eigenvalue weighted by molar-refractivity contribution is 5.28. The third-order valence-corrected chi connectivity index (χ3v) is 0.819. The fourth-order valence-electron chi connectivity index (χ4n) is 0.368. The van der Waals surface area contributed by atoms with Gasteiger partial charge in [-0.2, -0.15) is 0 Å². The molecule has 2 heteroatoms. The summed E-state index contributed by atoms with van der Waals surface area (Å²) in [7, 11) is 1.60. The molecular weight excluding hydrogens is 102 g/mol. The van der Waals surface area contributed by atoms with Crippen LogP contribution in [0.25, 0.3) is 0 Å². The zero-order valence-electron chi connectivity index (χ0n) is 5.35. The molecule has 0 aliphatic heterocycles. The van der Waals surface area contributed by atoms with Crippen LogP contribution in [-0.2, 0) is 4.74 Å². The number of ether oxygens (including phenoxy) is 1. The Hall–Kier alpha value is -0.790. The zero-order valence-corrected chi connectivity index (χ0v) is 5.35. The van der Waals surface area contributed by atoms with Gasteiger partial charge < -0.3 is 4.74 Å². The second kappa shape index (κ2) is 4.37. The molecule has 0 rings (SSSR count). The average molecular weight is 113 g/mol. The van der Waals surface area contributed by atoms with Gasteiger partial charge in [0.15, 0.2) is 0 Å². The number of methoxy groups -OCH3 is 1. The lowest BCUT2D eigenvalue weighted by Crippen LogP contribution is -1.75. The first-order valence-corrected chi connectivity index (χ1v) is 2.53. The van der Waals surface area contributed by atoms with E-state index in [1.54, 1.807) is 13.4 Å². The molecule has 0 aliphatic carbocycles. The molecular formula is C6H11NO. The monoisotopic (exact) mass is 113 g/mol. The van der Waals surface area contributed by atoms with Crippen LogP contribution in [0.1, 0.15) is 13.3 Å². The van der Waals surface area contributed by atoms with Gasteiger partial charge in [-0.25, -0.2) is 0 Å². The smallest absolute Gasteiger partial charge is 0.104 e. The second-order valence-electron chi connectivity index (χ2n) is 1.36. The van der Waals surface area contributed by atoms with Crippen molar-refractivity contribution in [3.63, 3.8) is 0 Å². The summed E-state index contributed by atoms with van der Waals surface area (Å²) in [5.74, 6) is 0. The molecule has 0 N–H and O–H groups in total. The fourth-order valence-corrected chi connectivity index (χ4v) is 0.368. The van der Waals surface area contributed by atoms with E-state index < -0.39 is 0 Å². The van der Waals surface area contributed by atoms with Crippen LogP contribution in [0, 0.1) is 0 Å². The first kappa shape index (κ1) is 7.21. The SMILES string of the molecule is C=N/C(=C\OC)CC. The molecule has 0 aromatic carbocycles. The highest BCUT2D eigenvalue weighted by Gasteiger charge is 1.83. The number of nitrogens with zero attached hydrogens (tertiary/aromatic N) is 1. The maximum absolute atomic E-state index is 4.69. The molecule has 0 bridgehead atoms. The molecule has 0 aliphatic rings. The number of allylic oxidation sites excluding steroid dienone is 1. The van der Waals surface area contributed by atoms with Gasteiger partial charge in [0.1, 0.15) is 6.26 Å². The van der Waals surface area contributed by atoms with Gasteiger partial charge in [-0.05, 0) is 13.1 Å². The van der Waals surface area contributed by atoms with Crippen molar-refractivity contribution in [2.75, 3.05) is 7.11 Å². The van der Waals surface area contributed by atoms with E-state index in [-0.39, 0.29) is 0 Å². The number of rotatable bonds is 3. The Bertz CT molecular complexity index is 96.7. The van der Waals surface area contributed by atoms with E-state index in [1.807, 2.05) is 6.92 Å². The van der Waals surface area contributed by atoms with Crippen LogP contribution in [0.3, 0.4) is 0 Å². The lowest BCUT2D eigenvalue weighted by atomic mass is 10.4. The van der Waals surface area contributed by atoms with Gasteiger partial charge in [-0.3, -0.25) is 4.99 Å². The standard InChI is InChI=1S/C6H11NO/c1-4-6(7-2)5-8-3/h5H,2,4H2,1,3H3/b6-5-. The molecule has 0 aromatic rings. The molecule has 0 amide bonds. The third-order valence-electron chi connectivity index (χ3n) is 0.819. The summed E-state index contributed by atoms with van der Waals surface area (Å²) in [5.41, 5.74) is 0.882. The quantitative estimate of drug-likeness (QED) is 0.402. The average Bonchev–Trinajstić information content (AvgIpc) is 1.83. The van der Waals surface area contributed by atoms with Gasteiger partial charge in [-0.15, -0.1) is 0 Å². The zero-order chi connectivity index (χ0) is 6.41. The summed E-state index contributed by atoms with van der Waals surface area (Å²) in [4.78, 5) is 3.68. The molecule has 0 saturated carbocycles. The van der Waals surface area contributed by atoms with Crippen molar-refractivity contribution in [2.24, 2.45) is 4.99 Å². The summed E-state index contributed by atoms with van der Waals surface area (Å²) in [6.45, 7) is 5.35. The first-order valence-electron chi connectivity index (χ1n) is 2.53. The predicted octanol–water partition coefficient (Wildman–Crippen LogP) is 1.58. The highest BCUT2D eigenvalue weighted by Crippen LogP contribution is 1.98. The molecule has 0 saturated heterocycles. The van der Waals surface area contributed by atoms with Gasteiger partial charge in [-0.1, -0.05) is 6.92 Å². The van der Waals surface area contributed by atoms with E-state index >= 15 is 0 Å². The van der Waals surface area contributed by atoms with Crippen molar-refractivity contribution < 1.29 is 4.74 Å². The van der Waals surface area contributed by atoms with E-state index in [4.69, 9.17) is 0 Å². The number of aliphatic imine (C=N–C) groups is 1. The molecule has 46 valence electrons. The van der Waals surface area contributed by atoms with Crippen LogP contribution in [0.5, 0.6) is 0 Å². The second-order valence-corrected chi connectivity index (χ2v) is 1.36. The van der Waals surface area contributed by atoms with Gasteiger partial charge in [0, 0.05) is 0 Å². The predicted molar refractivity (Wildman–Crippen MR) is 34.9 cm³/mol. The van der Waals surface area contributed by atoms with Gasteiger partial charge >= 0.3 is 0 Å². The Morgan fingerprint density at radius 3 is 2.62 bits per heavy atom. The van der Waals surface area contributed by atoms with Crippen LogP contribution in [0.2, 0.25) is 0 Å². The summed E-state index contributed by atoms with van der Waals surface area (Å²) >= 11 is 0. The molecule has 0 aromatic heterocycles. The van der Waals surface area contributed by atoms with Crippen LogP contribution in [0.4, 0.5) is 0 Å². The van der Waals surface area contributed by atoms with Crippen molar-refractivity contribution >= 4 is 6.72 Å². The van der Waals surface area contributed by atoms with Crippen molar-refractivity contribution in [3.8, 4) is 0 Å². The molecule has 0 unspecified atom stereocenters. The number of hydrogen-bond acceptors (Lipinski definition) is 2. The molecule has 0 atom stereocenters. The van der Waals surface area contributed by atoms with Crippen molar-refractivity contribution in [1.29, 1.82) is 0 Å². The summed E-state index contributed by atoms with van der Waals surface area (Å²) < 4.78 is 4.69. The van der Waals surface area contributed by atoms with Crippen molar-refractivity contribution in [1.82, 2.24) is 0 Å². The molecule has 0 fully saturated rings. The molecule has 0 spiro atoms. The molecule has 0 radical (unpaired) electrons. The summed E-state index contributed by atoms with van der Waals surface area (Å²) in [6, 6.07) is 0. The first-order chi connectivity index (χ1) is 3.85. The minimum atomic E-state index is 0.872. The van der Waals surface area contributed by atoms with E-state index in [0.29, 0.717) is 0 Å². The van der Waals surface area contributed by atoms with E-state index in [0.717, 1.165) is 12.1 Å². The van der Waals surface area contributed by atoms with E-state index in [9.17, 15) is 0 Å². The summed E-state index contributed by atoms with van der Waals surface area (Å²) in [5, 5.41) is 0. The van der Waals surface area contributed by atoms with Gasteiger partial charge in [0.05, 0.1) is 12.8 Å². The van der Waals surface area contributed by atoms with Crippen molar-refractivity contribution in [3.05, 3.63) is 12.0 Å². The lowest BCUT2D eigenvalue weighted by molar-refractivity contribution is 0.332. The Labute approximate surface area is 49.9 Å². The minimum absolute atomic E-state index is 0.872. The number of hydrogen-bond donors (Lipinski definition) is 0. The Morgan fingerprint density at radius 1 is 1.88 bits per heavy atom. The van der Waals surface area contributed by atoms with Gasteiger partial charge in [0.25, 0.3) is 0 Å². The normalized spacial score (nSPS) is 11.0. The van der Waals surface area contributed by atoms with Crippen LogP contribution in [-0.4, -0.2) is 13.8 Å². The highest BCUT2D eigenvalue weighted by atomic mass is 16.5. The third kappa shape index (κ3) is 2.39. The van der Waals surface area contributed by atoms with Crippen LogP contribution >= 0.6 is 0 Å². The maximum atomic E-state index is 4.69. The van der Waals surface area contributed by atoms with E-state index in [2.05, 4.69) is 16.4 Å². The largest absolute Gasteiger partial charge is 0.502 e. The van der Waals surface area contributed by atoms with Crippen LogP contribution < -0.4 is 0 Å².